The number of hydrogen-bond acceptors (Lipinski definition) is 5. The Labute approximate surface area is 185 Å². The van der Waals surface area contributed by atoms with Crippen LogP contribution in [0.1, 0.15) is 12.8 Å². The van der Waals surface area contributed by atoms with Crippen LogP contribution in [0.15, 0.2) is 41.3 Å². The summed E-state index contributed by atoms with van der Waals surface area (Å²) in [7, 11) is -0.911. The Morgan fingerprint density at radius 2 is 1.67 bits per heavy atom. The Hall–Kier alpha value is -2.00. The van der Waals surface area contributed by atoms with E-state index in [2.05, 4.69) is 5.32 Å². The molecule has 1 aliphatic rings. The van der Waals surface area contributed by atoms with E-state index in [1.807, 2.05) is 0 Å². The molecule has 10 heteroatoms. The molecule has 2 aromatic carbocycles. The number of anilines is 1. The summed E-state index contributed by atoms with van der Waals surface area (Å²) in [6.45, 7) is 0.439. The number of nitrogens with one attached hydrogen (secondary N) is 1. The highest BCUT2D eigenvalue weighted by Gasteiger charge is 2.34. The van der Waals surface area contributed by atoms with Gasteiger partial charge < -0.3 is 14.8 Å². The van der Waals surface area contributed by atoms with Gasteiger partial charge in [-0.25, -0.2) is 8.42 Å². The third-order valence-electron chi connectivity index (χ3n) is 4.94. The monoisotopic (exact) mass is 472 g/mol. The molecule has 2 aromatic rings. The third kappa shape index (κ3) is 5.00. The minimum absolute atomic E-state index is 0.0424. The van der Waals surface area contributed by atoms with Gasteiger partial charge in [-0.1, -0.05) is 23.2 Å². The van der Waals surface area contributed by atoms with Crippen molar-refractivity contribution in [1.82, 2.24) is 4.31 Å². The van der Waals surface area contributed by atoms with Gasteiger partial charge in [0.05, 0.1) is 14.2 Å². The lowest BCUT2D eigenvalue weighted by Gasteiger charge is -2.31. The zero-order valence-corrected chi connectivity index (χ0v) is 18.9. The molecule has 3 rings (SSSR count). The van der Waals surface area contributed by atoms with Crippen LogP contribution in [0.3, 0.4) is 0 Å². The first kappa shape index (κ1) is 22.7. The quantitative estimate of drug-likeness (QED) is 0.685. The highest BCUT2D eigenvalue weighted by molar-refractivity contribution is 7.89. The molecule has 1 N–H and O–H groups in total. The van der Waals surface area contributed by atoms with Gasteiger partial charge >= 0.3 is 0 Å². The molecule has 1 aliphatic heterocycles. The van der Waals surface area contributed by atoms with Crippen LogP contribution in [0.4, 0.5) is 5.69 Å². The van der Waals surface area contributed by atoms with Crippen molar-refractivity contribution < 1.29 is 22.7 Å². The highest BCUT2D eigenvalue weighted by atomic mass is 35.5. The topological polar surface area (TPSA) is 84.9 Å². The van der Waals surface area contributed by atoms with Crippen LogP contribution in [0.2, 0.25) is 10.0 Å². The van der Waals surface area contributed by atoms with Crippen molar-refractivity contribution in [3.8, 4) is 11.5 Å². The summed E-state index contributed by atoms with van der Waals surface area (Å²) >= 11 is 11.9. The predicted octanol–water partition coefficient (Wildman–Crippen LogP) is 4.05. The number of hydrogen-bond donors (Lipinski definition) is 1. The molecule has 1 fully saturated rings. The van der Waals surface area contributed by atoms with Gasteiger partial charge in [-0.05, 0) is 43.2 Å². The molecular weight excluding hydrogens is 451 g/mol. The van der Waals surface area contributed by atoms with Crippen molar-refractivity contribution in [1.29, 1.82) is 0 Å². The Bertz CT molecular complexity index is 1020. The maximum Gasteiger partial charge on any atom is 0.246 e. The molecule has 0 bridgehead atoms. The number of rotatable bonds is 6. The van der Waals surface area contributed by atoms with E-state index < -0.39 is 10.0 Å². The molecule has 7 nitrogen and oxygen atoms in total. The van der Waals surface area contributed by atoms with Crippen LogP contribution in [0.5, 0.6) is 11.5 Å². The zero-order chi connectivity index (χ0) is 21.9. The number of carbonyl (C=O) groups is 1. The largest absolute Gasteiger partial charge is 0.497 e. The maximum atomic E-state index is 13.1. The molecule has 0 atom stereocenters. The molecule has 1 saturated heterocycles. The number of benzene rings is 2. The Kier molecular flexibility index (Phi) is 7.13. The molecule has 0 unspecified atom stereocenters. The lowest BCUT2D eigenvalue weighted by Crippen LogP contribution is -2.41. The second kappa shape index (κ2) is 9.43. The normalized spacial score (nSPS) is 15.6. The van der Waals surface area contributed by atoms with Crippen molar-refractivity contribution in [3.63, 3.8) is 0 Å². The summed E-state index contributed by atoms with van der Waals surface area (Å²) in [6, 6.07) is 9.43. The SMILES string of the molecule is COc1ccc(OC)c(S(=O)(=O)N2CCC(C(=O)Nc3cc(Cl)cc(Cl)c3)CC2)c1. The predicted molar refractivity (Wildman–Crippen MR) is 116 cm³/mol. The highest BCUT2D eigenvalue weighted by Crippen LogP contribution is 2.33. The van der Waals surface area contributed by atoms with Gasteiger partial charge in [0.15, 0.2) is 0 Å². The molecule has 0 aromatic heterocycles. The summed E-state index contributed by atoms with van der Waals surface area (Å²) in [6.07, 6.45) is 0.789. The first-order valence-electron chi connectivity index (χ1n) is 9.23. The minimum Gasteiger partial charge on any atom is -0.497 e. The standard InChI is InChI=1S/C20H22Cl2N2O5S/c1-28-17-3-4-18(29-2)19(12-17)30(26,27)24-7-5-13(6-8-24)20(25)23-16-10-14(21)9-15(22)11-16/h3-4,9-13H,5-8H2,1-2H3,(H,23,25). The minimum atomic E-state index is -3.79. The summed E-state index contributed by atoms with van der Waals surface area (Å²) < 4.78 is 38.0. The molecule has 0 radical (unpaired) electrons. The summed E-state index contributed by atoms with van der Waals surface area (Å²) in [5.74, 6) is 0.156. The van der Waals surface area contributed by atoms with E-state index in [0.717, 1.165) is 0 Å². The average Bonchev–Trinajstić information content (AvgIpc) is 2.72. The number of halogens is 2. The maximum absolute atomic E-state index is 13.1. The van der Waals surface area contributed by atoms with Crippen LogP contribution in [0.25, 0.3) is 0 Å². The van der Waals surface area contributed by atoms with Gasteiger partial charge in [0.2, 0.25) is 15.9 Å². The number of carbonyl (C=O) groups excluding carboxylic acids is 1. The molecular formula is C20H22Cl2N2O5S. The van der Waals surface area contributed by atoms with Gasteiger partial charge in [-0.3, -0.25) is 4.79 Å². The molecule has 0 saturated carbocycles. The molecule has 1 amide bonds. The second-order valence-corrected chi connectivity index (χ2v) is 9.62. The summed E-state index contributed by atoms with van der Waals surface area (Å²) in [5.41, 5.74) is 0.508. The van der Waals surface area contributed by atoms with E-state index >= 15 is 0 Å². The van der Waals surface area contributed by atoms with Crippen molar-refractivity contribution in [3.05, 3.63) is 46.4 Å². The summed E-state index contributed by atoms with van der Waals surface area (Å²) in [4.78, 5) is 12.6. The number of sulfonamides is 1. The molecule has 30 heavy (non-hydrogen) atoms. The van der Waals surface area contributed by atoms with Gasteiger partial charge in [0.1, 0.15) is 16.4 Å². The second-order valence-electron chi connectivity index (χ2n) is 6.84. The van der Waals surface area contributed by atoms with Crippen molar-refractivity contribution in [2.24, 2.45) is 5.92 Å². The number of methoxy groups -OCH3 is 2. The molecule has 0 spiro atoms. The average molecular weight is 473 g/mol. The van der Waals surface area contributed by atoms with Crippen LogP contribution in [-0.4, -0.2) is 45.9 Å². The fourth-order valence-electron chi connectivity index (χ4n) is 3.35. The number of ether oxygens (including phenoxy) is 2. The number of piperidine rings is 1. The van der Waals surface area contributed by atoms with Crippen molar-refractivity contribution in [2.45, 2.75) is 17.7 Å². The van der Waals surface area contributed by atoms with Crippen LogP contribution < -0.4 is 14.8 Å². The van der Waals surface area contributed by atoms with Gasteiger partial charge in [0.25, 0.3) is 0 Å². The zero-order valence-electron chi connectivity index (χ0n) is 16.5. The van der Waals surface area contributed by atoms with Gasteiger partial charge in [-0.2, -0.15) is 4.31 Å². The molecule has 162 valence electrons. The smallest absolute Gasteiger partial charge is 0.246 e. The Morgan fingerprint density at radius 3 is 2.23 bits per heavy atom. The van der Waals surface area contributed by atoms with Crippen LogP contribution in [0, 0.1) is 5.92 Å². The molecule has 0 aliphatic carbocycles. The first-order valence-corrected chi connectivity index (χ1v) is 11.4. The Balaban J connectivity index is 1.69. The van der Waals surface area contributed by atoms with Gasteiger partial charge in [-0.15, -0.1) is 0 Å². The van der Waals surface area contributed by atoms with Crippen LogP contribution >= 0.6 is 23.2 Å². The summed E-state index contributed by atoms with van der Waals surface area (Å²) in [5, 5.41) is 3.64. The fraction of sp³-hybridized carbons (Fsp3) is 0.350. The van der Waals surface area contributed by atoms with E-state index in [0.29, 0.717) is 34.3 Å². The van der Waals surface area contributed by atoms with E-state index in [-0.39, 0.29) is 35.6 Å². The van der Waals surface area contributed by atoms with E-state index in [9.17, 15) is 13.2 Å². The van der Waals surface area contributed by atoms with Crippen molar-refractivity contribution >= 4 is 44.8 Å². The number of amides is 1. The Morgan fingerprint density at radius 1 is 1.03 bits per heavy atom. The van der Waals surface area contributed by atoms with Crippen molar-refractivity contribution in [2.75, 3.05) is 32.6 Å². The molecule has 1 heterocycles. The van der Waals surface area contributed by atoms with E-state index in [1.165, 1.54) is 24.6 Å². The van der Waals surface area contributed by atoms with Gasteiger partial charge in [0, 0.05) is 40.8 Å². The third-order valence-corrected chi connectivity index (χ3v) is 7.30. The fourth-order valence-corrected chi connectivity index (χ4v) is 5.52. The lowest BCUT2D eigenvalue weighted by molar-refractivity contribution is -0.120. The number of nitrogens with zero attached hydrogens (tertiary/aromatic N) is 1. The van der Waals surface area contributed by atoms with E-state index in [1.54, 1.807) is 30.3 Å². The van der Waals surface area contributed by atoms with E-state index in [4.69, 9.17) is 32.7 Å². The van der Waals surface area contributed by atoms with Crippen LogP contribution in [-0.2, 0) is 14.8 Å². The lowest BCUT2D eigenvalue weighted by atomic mass is 9.97. The first-order chi connectivity index (χ1) is 14.2.